The van der Waals surface area contributed by atoms with Crippen molar-refractivity contribution >= 4 is 16.9 Å². The number of H-pyrrole nitrogens is 1. The molecule has 1 aliphatic heterocycles. The fraction of sp³-hybridized carbons (Fsp3) is 0.333. The van der Waals surface area contributed by atoms with Crippen molar-refractivity contribution in [1.29, 1.82) is 0 Å². The SMILES string of the molecule is COc1ccc2c(c1)C1CCCN(C(=O)c3ccc4nc[nH]c4c3)C1C2. The third-order valence-corrected chi connectivity index (χ3v) is 5.89. The van der Waals surface area contributed by atoms with Crippen LogP contribution in [0.4, 0.5) is 0 Å². The summed E-state index contributed by atoms with van der Waals surface area (Å²) < 4.78 is 5.41. The van der Waals surface area contributed by atoms with E-state index in [2.05, 4.69) is 27.0 Å². The molecule has 1 fully saturated rings. The van der Waals surface area contributed by atoms with E-state index < -0.39 is 0 Å². The van der Waals surface area contributed by atoms with E-state index in [1.807, 2.05) is 24.3 Å². The normalized spacial score (nSPS) is 21.5. The van der Waals surface area contributed by atoms with Crippen LogP contribution in [0, 0.1) is 0 Å². The number of ether oxygens (including phenoxy) is 1. The summed E-state index contributed by atoms with van der Waals surface area (Å²) in [5.41, 5.74) is 5.23. The van der Waals surface area contributed by atoms with Crippen LogP contribution in [-0.4, -0.2) is 40.5 Å². The van der Waals surface area contributed by atoms with Crippen LogP contribution in [0.2, 0.25) is 0 Å². The van der Waals surface area contributed by atoms with E-state index in [1.165, 1.54) is 11.1 Å². The van der Waals surface area contributed by atoms with Gasteiger partial charge in [0.15, 0.2) is 0 Å². The Hall–Kier alpha value is -2.82. The Morgan fingerprint density at radius 1 is 1.27 bits per heavy atom. The molecule has 2 unspecified atom stereocenters. The molecule has 1 saturated heterocycles. The molecule has 2 atom stereocenters. The van der Waals surface area contributed by atoms with E-state index in [0.717, 1.165) is 48.2 Å². The van der Waals surface area contributed by atoms with Crippen molar-refractivity contribution in [3.63, 3.8) is 0 Å². The van der Waals surface area contributed by atoms with Crippen molar-refractivity contribution in [2.24, 2.45) is 0 Å². The number of piperidine rings is 1. The average molecular weight is 347 g/mol. The zero-order chi connectivity index (χ0) is 17.7. The molecule has 1 aromatic heterocycles. The van der Waals surface area contributed by atoms with Gasteiger partial charge < -0.3 is 14.6 Å². The van der Waals surface area contributed by atoms with E-state index in [-0.39, 0.29) is 11.9 Å². The minimum Gasteiger partial charge on any atom is -0.497 e. The lowest BCUT2D eigenvalue weighted by Crippen LogP contribution is -2.46. The van der Waals surface area contributed by atoms with Gasteiger partial charge in [0.2, 0.25) is 0 Å². The Morgan fingerprint density at radius 3 is 3.08 bits per heavy atom. The highest BCUT2D eigenvalue weighted by Gasteiger charge is 2.41. The van der Waals surface area contributed by atoms with Gasteiger partial charge in [0.05, 0.1) is 24.5 Å². The van der Waals surface area contributed by atoms with Gasteiger partial charge >= 0.3 is 0 Å². The van der Waals surface area contributed by atoms with E-state index in [9.17, 15) is 4.79 Å². The molecule has 0 spiro atoms. The van der Waals surface area contributed by atoms with Gasteiger partial charge in [-0.05, 0) is 60.7 Å². The molecule has 1 aliphatic carbocycles. The van der Waals surface area contributed by atoms with E-state index in [0.29, 0.717) is 5.92 Å². The molecule has 2 aliphatic rings. The largest absolute Gasteiger partial charge is 0.497 e. The second kappa shape index (κ2) is 5.87. The van der Waals surface area contributed by atoms with Crippen molar-refractivity contribution in [1.82, 2.24) is 14.9 Å². The molecular formula is C21H21N3O2. The quantitative estimate of drug-likeness (QED) is 0.772. The first kappa shape index (κ1) is 15.4. The van der Waals surface area contributed by atoms with Crippen LogP contribution in [0.5, 0.6) is 5.75 Å². The number of aromatic nitrogens is 2. The van der Waals surface area contributed by atoms with Gasteiger partial charge in [-0.15, -0.1) is 0 Å². The summed E-state index contributed by atoms with van der Waals surface area (Å²) >= 11 is 0. The molecule has 5 heteroatoms. The summed E-state index contributed by atoms with van der Waals surface area (Å²) in [6.07, 6.45) is 4.77. The predicted molar refractivity (Wildman–Crippen MR) is 99.6 cm³/mol. The fourth-order valence-electron chi connectivity index (χ4n) is 4.62. The Balaban J connectivity index is 1.47. The van der Waals surface area contributed by atoms with Gasteiger partial charge in [-0.25, -0.2) is 4.98 Å². The number of nitrogens with zero attached hydrogens (tertiary/aromatic N) is 2. The second-order valence-electron chi connectivity index (χ2n) is 7.22. The second-order valence-corrected chi connectivity index (χ2v) is 7.22. The zero-order valence-corrected chi connectivity index (χ0v) is 14.7. The summed E-state index contributed by atoms with van der Waals surface area (Å²) in [5.74, 6) is 1.43. The molecule has 2 aromatic carbocycles. The Bertz CT molecular complexity index is 994. The molecule has 26 heavy (non-hydrogen) atoms. The summed E-state index contributed by atoms with van der Waals surface area (Å²) in [6.45, 7) is 0.826. The number of amides is 1. The molecular weight excluding hydrogens is 326 g/mol. The molecule has 1 N–H and O–H groups in total. The minimum absolute atomic E-state index is 0.121. The van der Waals surface area contributed by atoms with Gasteiger partial charge in [-0.3, -0.25) is 4.79 Å². The van der Waals surface area contributed by atoms with Crippen LogP contribution in [0.3, 0.4) is 0 Å². The topological polar surface area (TPSA) is 58.2 Å². The van der Waals surface area contributed by atoms with Gasteiger partial charge in [0, 0.05) is 24.1 Å². The maximum absolute atomic E-state index is 13.2. The summed E-state index contributed by atoms with van der Waals surface area (Å²) in [5, 5.41) is 0. The summed E-state index contributed by atoms with van der Waals surface area (Å²) in [7, 11) is 1.70. The van der Waals surface area contributed by atoms with Gasteiger partial charge in [0.25, 0.3) is 5.91 Å². The Kier molecular flexibility index (Phi) is 3.48. The van der Waals surface area contributed by atoms with Crippen LogP contribution in [0.15, 0.2) is 42.7 Å². The summed E-state index contributed by atoms with van der Waals surface area (Å²) in [4.78, 5) is 22.7. The molecule has 5 nitrogen and oxygen atoms in total. The lowest BCUT2D eigenvalue weighted by Gasteiger charge is -2.38. The fourth-order valence-corrected chi connectivity index (χ4v) is 4.62. The van der Waals surface area contributed by atoms with Crippen molar-refractivity contribution < 1.29 is 9.53 Å². The van der Waals surface area contributed by atoms with Crippen LogP contribution in [-0.2, 0) is 6.42 Å². The van der Waals surface area contributed by atoms with Crippen LogP contribution < -0.4 is 4.74 Å². The van der Waals surface area contributed by atoms with E-state index in [4.69, 9.17) is 4.74 Å². The first-order valence-corrected chi connectivity index (χ1v) is 9.15. The number of aromatic amines is 1. The molecule has 1 amide bonds. The number of imidazole rings is 1. The number of likely N-dealkylation sites (tertiary alicyclic amines) is 1. The first-order chi connectivity index (χ1) is 12.7. The highest BCUT2D eigenvalue weighted by molar-refractivity contribution is 5.97. The third kappa shape index (κ3) is 2.30. The molecule has 3 aromatic rings. The highest BCUT2D eigenvalue weighted by Crippen LogP contribution is 2.43. The first-order valence-electron chi connectivity index (χ1n) is 9.15. The number of rotatable bonds is 2. The maximum Gasteiger partial charge on any atom is 0.254 e. The van der Waals surface area contributed by atoms with E-state index >= 15 is 0 Å². The Labute approximate surface area is 152 Å². The maximum atomic E-state index is 13.2. The molecule has 5 rings (SSSR count). The molecule has 0 saturated carbocycles. The number of carbonyl (C=O) groups excluding carboxylic acids is 1. The zero-order valence-electron chi connectivity index (χ0n) is 14.7. The molecule has 2 heterocycles. The smallest absolute Gasteiger partial charge is 0.254 e. The number of hydrogen-bond donors (Lipinski definition) is 1. The lowest BCUT2D eigenvalue weighted by molar-refractivity contribution is 0.0595. The van der Waals surface area contributed by atoms with Crippen LogP contribution in [0.25, 0.3) is 11.0 Å². The van der Waals surface area contributed by atoms with Crippen molar-refractivity contribution in [2.45, 2.75) is 31.2 Å². The van der Waals surface area contributed by atoms with Crippen molar-refractivity contribution in [3.05, 3.63) is 59.4 Å². The predicted octanol–water partition coefficient (Wildman–Crippen LogP) is 3.52. The van der Waals surface area contributed by atoms with Crippen LogP contribution >= 0.6 is 0 Å². The number of methoxy groups -OCH3 is 1. The van der Waals surface area contributed by atoms with Gasteiger partial charge in [0.1, 0.15) is 5.75 Å². The Morgan fingerprint density at radius 2 is 2.19 bits per heavy atom. The molecule has 0 radical (unpaired) electrons. The number of fused-ring (bicyclic) bond motifs is 4. The monoisotopic (exact) mass is 347 g/mol. The highest BCUT2D eigenvalue weighted by atomic mass is 16.5. The van der Waals surface area contributed by atoms with Crippen molar-refractivity contribution in [2.75, 3.05) is 13.7 Å². The van der Waals surface area contributed by atoms with E-state index in [1.54, 1.807) is 13.4 Å². The number of hydrogen-bond acceptors (Lipinski definition) is 3. The van der Waals surface area contributed by atoms with Crippen LogP contribution in [0.1, 0.15) is 40.2 Å². The van der Waals surface area contributed by atoms with Crippen molar-refractivity contribution in [3.8, 4) is 5.75 Å². The minimum atomic E-state index is 0.121. The average Bonchev–Trinajstić information content (AvgIpc) is 3.30. The standard InChI is InChI=1S/C21H21N3O2/c1-26-15-6-4-13-10-20-16(17(13)11-15)3-2-8-24(20)21(25)14-5-7-18-19(9-14)23-12-22-18/h4-7,9,11-12,16,20H,2-3,8,10H2,1H3,(H,22,23). The molecule has 0 bridgehead atoms. The van der Waals surface area contributed by atoms with Gasteiger partial charge in [-0.2, -0.15) is 0 Å². The lowest BCUT2D eigenvalue weighted by atomic mass is 9.88. The third-order valence-electron chi connectivity index (χ3n) is 5.89. The number of nitrogens with one attached hydrogen (secondary N) is 1. The molecule has 132 valence electrons. The number of benzene rings is 2. The number of carbonyl (C=O) groups is 1. The van der Waals surface area contributed by atoms with Gasteiger partial charge in [-0.1, -0.05) is 6.07 Å². The summed E-state index contributed by atoms with van der Waals surface area (Å²) in [6, 6.07) is 12.3.